The van der Waals surface area contributed by atoms with Gasteiger partial charge in [-0.15, -0.1) is 0 Å². The van der Waals surface area contributed by atoms with Crippen LogP contribution < -0.4 is 5.32 Å². The van der Waals surface area contributed by atoms with Crippen LogP contribution in [0.2, 0.25) is 0 Å². The Morgan fingerprint density at radius 1 is 1.24 bits per heavy atom. The fraction of sp³-hybridized carbons (Fsp3) is 0.571. The lowest BCUT2D eigenvalue weighted by Crippen LogP contribution is -2.25. The zero-order valence-corrected chi connectivity index (χ0v) is 12.1. The average Bonchev–Trinajstić information content (AvgIpc) is 2.79. The molecule has 0 radical (unpaired) electrons. The van der Waals surface area contributed by atoms with Gasteiger partial charge in [-0.05, 0) is 30.7 Å². The van der Waals surface area contributed by atoms with Crippen LogP contribution >= 0.6 is 0 Å². The maximum atomic E-state index is 11.1. The quantitative estimate of drug-likeness (QED) is 0.658. The van der Waals surface area contributed by atoms with E-state index in [1.54, 1.807) is 0 Å². The third-order valence-corrected chi connectivity index (χ3v) is 4.48. The minimum atomic E-state index is -0.623. The van der Waals surface area contributed by atoms with E-state index in [0.717, 1.165) is 25.3 Å². The van der Waals surface area contributed by atoms with E-state index in [1.165, 1.54) is 12.1 Å². The zero-order valence-electron chi connectivity index (χ0n) is 12.1. The van der Waals surface area contributed by atoms with Crippen molar-refractivity contribution in [1.29, 1.82) is 0 Å². The minimum Gasteiger partial charge on any atom is -0.376 e. The van der Waals surface area contributed by atoms with Crippen LogP contribution in [-0.2, 0) is 0 Å². The Hall–Kier alpha value is -2.18. The van der Waals surface area contributed by atoms with Crippen molar-refractivity contribution in [2.45, 2.75) is 39.2 Å². The van der Waals surface area contributed by atoms with E-state index in [2.05, 4.69) is 19.2 Å². The van der Waals surface area contributed by atoms with Crippen molar-refractivity contribution in [1.82, 2.24) is 0 Å². The van der Waals surface area contributed by atoms with Crippen LogP contribution in [0.15, 0.2) is 18.2 Å². The van der Waals surface area contributed by atoms with Crippen LogP contribution in [0.25, 0.3) is 0 Å². The smallest absolute Gasteiger partial charge is 0.299 e. The molecular weight excluding hydrogens is 274 g/mol. The normalized spacial score (nSPS) is 24.8. The molecule has 1 aromatic carbocycles. The summed E-state index contributed by atoms with van der Waals surface area (Å²) in [4.78, 5) is 20.6. The summed E-state index contributed by atoms with van der Waals surface area (Å²) in [7, 11) is 0. The van der Waals surface area contributed by atoms with Crippen LogP contribution in [0.4, 0.5) is 17.1 Å². The zero-order chi connectivity index (χ0) is 15.6. The molecule has 1 N–H and O–H groups in total. The molecule has 0 bridgehead atoms. The molecule has 0 saturated heterocycles. The molecule has 3 atom stereocenters. The first-order valence-corrected chi connectivity index (χ1v) is 7.13. The van der Waals surface area contributed by atoms with E-state index in [0.29, 0.717) is 17.5 Å². The first-order chi connectivity index (χ1) is 9.93. The van der Waals surface area contributed by atoms with Crippen molar-refractivity contribution in [3.63, 3.8) is 0 Å². The molecule has 2 rings (SSSR count). The molecule has 21 heavy (non-hydrogen) atoms. The highest BCUT2D eigenvalue weighted by molar-refractivity contribution is 5.65. The molecule has 0 spiro atoms. The fourth-order valence-electron chi connectivity index (χ4n) is 3.13. The van der Waals surface area contributed by atoms with Crippen molar-refractivity contribution >= 4 is 17.1 Å². The van der Waals surface area contributed by atoms with E-state index in [1.807, 2.05) is 0 Å². The number of hydrogen-bond donors (Lipinski definition) is 1. The van der Waals surface area contributed by atoms with Gasteiger partial charge in [-0.3, -0.25) is 20.2 Å². The van der Waals surface area contributed by atoms with Gasteiger partial charge in [-0.1, -0.05) is 20.3 Å². The lowest BCUT2D eigenvalue weighted by molar-refractivity contribution is -0.393. The van der Waals surface area contributed by atoms with Crippen molar-refractivity contribution in [2.75, 3.05) is 5.32 Å². The molecule has 3 unspecified atom stereocenters. The van der Waals surface area contributed by atoms with E-state index in [-0.39, 0.29) is 17.4 Å². The summed E-state index contributed by atoms with van der Waals surface area (Å²) in [6.07, 6.45) is 3.17. The highest BCUT2D eigenvalue weighted by Gasteiger charge is 2.33. The second kappa shape index (κ2) is 6.07. The molecule has 0 aromatic heterocycles. The largest absolute Gasteiger partial charge is 0.376 e. The number of nitro benzene ring substituents is 2. The van der Waals surface area contributed by atoms with Gasteiger partial charge in [0.25, 0.3) is 11.4 Å². The van der Waals surface area contributed by atoms with Gasteiger partial charge in [-0.25, -0.2) is 0 Å². The average molecular weight is 293 g/mol. The summed E-state index contributed by atoms with van der Waals surface area (Å²) >= 11 is 0. The molecule has 1 aliphatic carbocycles. The monoisotopic (exact) mass is 293 g/mol. The Morgan fingerprint density at radius 2 is 1.95 bits per heavy atom. The number of nitro groups is 2. The maximum Gasteiger partial charge on any atom is 0.299 e. The summed E-state index contributed by atoms with van der Waals surface area (Å²) in [6, 6.07) is 3.92. The first-order valence-electron chi connectivity index (χ1n) is 7.13. The van der Waals surface area contributed by atoms with Crippen molar-refractivity contribution < 1.29 is 9.85 Å². The Balaban J connectivity index is 2.24. The first kappa shape index (κ1) is 15.2. The summed E-state index contributed by atoms with van der Waals surface area (Å²) in [5.41, 5.74) is -0.145. The van der Waals surface area contributed by atoms with Crippen LogP contribution in [0.5, 0.6) is 0 Å². The van der Waals surface area contributed by atoms with Gasteiger partial charge in [0.1, 0.15) is 5.69 Å². The minimum absolute atomic E-state index is 0.176. The third kappa shape index (κ3) is 3.12. The highest BCUT2D eigenvalue weighted by atomic mass is 16.6. The van der Waals surface area contributed by atoms with Crippen LogP contribution in [-0.4, -0.2) is 15.9 Å². The predicted octanol–water partition coefficient (Wildman–Crippen LogP) is 3.74. The van der Waals surface area contributed by atoms with Crippen LogP contribution in [0, 0.1) is 32.1 Å². The topological polar surface area (TPSA) is 98.3 Å². The molecule has 1 saturated carbocycles. The van der Waals surface area contributed by atoms with Gasteiger partial charge in [0, 0.05) is 12.1 Å². The van der Waals surface area contributed by atoms with Gasteiger partial charge in [0.05, 0.1) is 15.9 Å². The number of rotatable bonds is 5. The summed E-state index contributed by atoms with van der Waals surface area (Å²) < 4.78 is 0. The van der Waals surface area contributed by atoms with Gasteiger partial charge < -0.3 is 5.32 Å². The van der Waals surface area contributed by atoms with Gasteiger partial charge in [0.2, 0.25) is 0 Å². The number of benzene rings is 1. The standard InChI is InChI=1S/C14H19N3O4/c1-3-10-4-6-12(9(10)2)15-13-7-5-11(16(18)19)8-14(13)17(20)21/h5,7-10,12,15H,3-4,6H2,1-2H3. The molecule has 0 heterocycles. The molecule has 1 fully saturated rings. The number of nitrogens with one attached hydrogen (secondary N) is 1. The predicted molar refractivity (Wildman–Crippen MR) is 79.3 cm³/mol. The second-order valence-electron chi connectivity index (χ2n) is 5.57. The number of nitrogens with zero attached hydrogens (tertiary/aromatic N) is 2. The second-order valence-corrected chi connectivity index (χ2v) is 5.57. The summed E-state index contributed by atoms with van der Waals surface area (Å²) in [5.74, 6) is 1.06. The highest BCUT2D eigenvalue weighted by Crippen LogP contribution is 2.38. The number of anilines is 1. The van der Waals surface area contributed by atoms with Gasteiger partial charge in [-0.2, -0.15) is 0 Å². The SMILES string of the molecule is CCC1CCC(Nc2ccc([N+](=O)[O-])cc2[N+](=O)[O-])C1C. The summed E-state index contributed by atoms with van der Waals surface area (Å²) in [6.45, 7) is 4.30. The van der Waals surface area contributed by atoms with Crippen molar-refractivity contribution in [3.05, 3.63) is 38.4 Å². The molecule has 7 heteroatoms. The third-order valence-electron chi connectivity index (χ3n) is 4.48. The number of hydrogen-bond acceptors (Lipinski definition) is 5. The van der Waals surface area contributed by atoms with Gasteiger partial charge >= 0.3 is 0 Å². The lowest BCUT2D eigenvalue weighted by Gasteiger charge is -2.21. The molecule has 1 aliphatic rings. The molecule has 114 valence electrons. The Bertz CT molecular complexity index is 561. The maximum absolute atomic E-state index is 11.1. The lowest BCUT2D eigenvalue weighted by atomic mass is 9.93. The van der Waals surface area contributed by atoms with Gasteiger partial charge in [0.15, 0.2) is 0 Å². The van der Waals surface area contributed by atoms with E-state index >= 15 is 0 Å². The molecule has 0 aliphatic heterocycles. The molecule has 1 aromatic rings. The van der Waals surface area contributed by atoms with E-state index in [4.69, 9.17) is 0 Å². The van der Waals surface area contributed by atoms with Crippen LogP contribution in [0.3, 0.4) is 0 Å². The van der Waals surface area contributed by atoms with Crippen molar-refractivity contribution in [3.8, 4) is 0 Å². The molecule has 7 nitrogen and oxygen atoms in total. The fourth-order valence-corrected chi connectivity index (χ4v) is 3.13. The Morgan fingerprint density at radius 3 is 2.48 bits per heavy atom. The Kier molecular flexibility index (Phi) is 4.40. The summed E-state index contributed by atoms with van der Waals surface area (Å²) in [5, 5.41) is 25.1. The Labute approximate surface area is 122 Å². The number of non-ortho nitro benzene ring substituents is 1. The molecule has 0 amide bonds. The van der Waals surface area contributed by atoms with Crippen molar-refractivity contribution in [2.24, 2.45) is 11.8 Å². The molecular formula is C14H19N3O4. The van der Waals surface area contributed by atoms with Crippen LogP contribution in [0.1, 0.15) is 33.1 Å². The van der Waals surface area contributed by atoms with E-state index in [9.17, 15) is 20.2 Å². The van der Waals surface area contributed by atoms with E-state index < -0.39 is 9.85 Å².